The second kappa shape index (κ2) is 10.7. The maximum absolute atomic E-state index is 13.6. The molecule has 0 bridgehead atoms. The predicted molar refractivity (Wildman–Crippen MR) is 147 cm³/mol. The molecule has 2 aliphatic heterocycles. The number of morpholine rings is 1. The zero-order valence-electron chi connectivity index (χ0n) is 21.0. The smallest absolute Gasteiger partial charge is 0.227 e. The Balaban J connectivity index is 1.30. The van der Waals surface area contributed by atoms with E-state index in [-0.39, 0.29) is 5.91 Å². The van der Waals surface area contributed by atoms with E-state index in [1.54, 1.807) is 12.1 Å². The van der Waals surface area contributed by atoms with Crippen molar-refractivity contribution < 1.29 is 9.53 Å². The van der Waals surface area contributed by atoms with Crippen LogP contribution < -0.4 is 4.90 Å². The maximum atomic E-state index is 13.6. The van der Waals surface area contributed by atoms with Crippen molar-refractivity contribution in [1.82, 2.24) is 14.5 Å². The van der Waals surface area contributed by atoms with Crippen molar-refractivity contribution in [3.8, 4) is 11.3 Å². The molecule has 8 heteroatoms. The second-order valence-electron chi connectivity index (χ2n) is 10.4. The second-order valence-corrected chi connectivity index (χ2v) is 11.2. The quantitative estimate of drug-likeness (QED) is 0.373. The van der Waals surface area contributed by atoms with Gasteiger partial charge in [-0.1, -0.05) is 35.3 Å². The molecule has 3 heterocycles. The average molecular weight is 540 g/mol. The van der Waals surface area contributed by atoms with Crippen LogP contribution in [0.5, 0.6) is 0 Å². The van der Waals surface area contributed by atoms with Crippen LogP contribution in [0.15, 0.2) is 42.6 Å². The normalized spacial score (nSPS) is 17.2. The van der Waals surface area contributed by atoms with Crippen molar-refractivity contribution in [1.29, 1.82) is 0 Å². The molecule has 1 aliphatic carbocycles. The van der Waals surface area contributed by atoms with Crippen LogP contribution in [-0.4, -0.2) is 53.2 Å². The number of aryl methyl sites for hydroxylation is 2. The SMILES string of the molecule is O=C(Cc1ccc(Cl)c(Cl)c1)N(Cc1cc(-c2cn3c(n2)CCC3)ccc1N1CCOCC1)CC1CC1. The Bertz CT molecular complexity index is 1280. The molecule has 0 radical (unpaired) electrons. The summed E-state index contributed by atoms with van der Waals surface area (Å²) in [6, 6.07) is 12.1. The van der Waals surface area contributed by atoms with Gasteiger partial charge in [0.2, 0.25) is 5.91 Å². The van der Waals surface area contributed by atoms with Crippen molar-refractivity contribution in [2.75, 3.05) is 37.7 Å². The van der Waals surface area contributed by atoms with Gasteiger partial charge in [-0.2, -0.15) is 0 Å². The fraction of sp³-hybridized carbons (Fsp3) is 0.448. The minimum atomic E-state index is 0.115. The Hall–Kier alpha value is -2.54. The molecule has 0 N–H and O–H groups in total. The molecule has 0 spiro atoms. The third-order valence-electron chi connectivity index (χ3n) is 7.61. The summed E-state index contributed by atoms with van der Waals surface area (Å²) in [5.74, 6) is 1.87. The number of carbonyl (C=O) groups is 1. The number of carbonyl (C=O) groups excluding carboxylic acids is 1. The van der Waals surface area contributed by atoms with E-state index >= 15 is 0 Å². The molecule has 1 aromatic heterocycles. The van der Waals surface area contributed by atoms with Crippen LogP contribution in [0.3, 0.4) is 0 Å². The molecule has 2 aromatic carbocycles. The third-order valence-corrected chi connectivity index (χ3v) is 8.35. The number of rotatable bonds is 8. The first-order chi connectivity index (χ1) is 18.0. The number of nitrogens with zero attached hydrogens (tertiary/aromatic N) is 4. The van der Waals surface area contributed by atoms with Crippen LogP contribution in [-0.2, 0) is 35.5 Å². The first-order valence-corrected chi connectivity index (χ1v) is 14.0. The Morgan fingerprint density at radius 2 is 1.89 bits per heavy atom. The van der Waals surface area contributed by atoms with E-state index in [4.69, 9.17) is 32.9 Å². The third kappa shape index (κ3) is 5.66. The molecule has 37 heavy (non-hydrogen) atoms. The number of aromatic nitrogens is 2. The zero-order valence-corrected chi connectivity index (χ0v) is 22.5. The van der Waals surface area contributed by atoms with E-state index in [1.165, 1.54) is 30.8 Å². The van der Waals surface area contributed by atoms with Crippen LogP contribution in [0.2, 0.25) is 10.0 Å². The first-order valence-electron chi connectivity index (χ1n) is 13.3. The Labute approximate surface area is 228 Å². The Morgan fingerprint density at radius 3 is 2.65 bits per heavy atom. The van der Waals surface area contributed by atoms with E-state index in [0.717, 1.165) is 68.2 Å². The number of fused-ring (bicyclic) bond motifs is 1. The van der Waals surface area contributed by atoms with Gasteiger partial charge >= 0.3 is 0 Å². The summed E-state index contributed by atoms with van der Waals surface area (Å²) in [6.07, 6.45) is 7.06. The highest BCUT2D eigenvalue weighted by atomic mass is 35.5. The summed E-state index contributed by atoms with van der Waals surface area (Å²) < 4.78 is 7.88. The van der Waals surface area contributed by atoms with Gasteiger partial charge in [0.15, 0.2) is 0 Å². The van der Waals surface area contributed by atoms with Crippen LogP contribution in [0, 0.1) is 5.92 Å². The van der Waals surface area contributed by atoms with E-state index in [1.807, 2.05) is 11.0 Å². The Morgan fingerprint density at radius 1 is 1.05 bits per heavy atom. The molecule has 1 amide bonds. The minimum absolute atomic E-state index is 0.115. The number of anilines is 1. The lowest BCUT2D eigenvalue weighted by atomic mass is 10.0. The molecular weight excluding hydrogens is 507 g/mol. The summed E-state index contributed by atoms with van der Waals surface area (Å²) in [7, 11) is 0. The highest BCUT2D eigenvalue weighted by molar-refractivity contribution is 6.42. The van der Waals surface area contributed by atoms with Crippen molar-refractivity contribution in [2.45, 2.75) is 45.2 Å². The molecule has 6 nitrogen and oxygen atoms in total. The number of benzene rings is 2. The van der Waals surface area contributed by atoms with E-state index < -0.39 is 0 Å². The summed E-state index contributed by atoms with van der Waals surface area (Å²) in [5.41, 5.74) is 5.35. The highest BCUT2D eigenvalue weighted by Crippen LogP contribution is 2.34. The van der Waals surface area contributed by atoms with Crippen LogP contribution in [0.1, 0.15) is 36.2 Å². The molecule has 194 valence electrons. The lowest BCUT2D eigenvalue weighted by Crippen LogP contribution is -2.38. The lowest BCUT2D eigenvalue weighted by Gasteiger charge is -2.32. The van der Waals surface area contributed by atoms with Crippen molar-refractivity contribution in [2.24, 2.45) is 5.92 Å². The number of amides is 1. The molecule has 1 saturated heterocycles. The van der Waals surface area contributed by atoms with Gasteiger partial charge in [0.05, 0.1) is 35.4 Å². The first kappa shape index (κ1) is 24.8. The van der Waals surface area contributed by atoms with Gasteiger partial charge in [-0.05, 0) is 60.6 Å². The minimum Gasteiger partial charge on any atom is -0.378 e. The Kier molecular flexibility index (Phi) is 7.15. The van der Waals surface area contributed by atoms with Crippen LogP contribution in [0.4, 0.5) is 5.69 Å². The molecule has 3 aromatic rings. The summed E-state index contributed by atoms with van der Waals surface area (Å²) >= 11 is 12.3. The highest BCUT2D eigenvalue weighted by Gasteiger charge is 2.28. The van der Waals surface area contributed by atoms with Crippen molar-refractivity contribution in [3.63, 3.8) is 0 Å². The molecule has 2 fully saturated rings. The van der Waals surface area contributed by atoms with Gasteiger partial charge in [0, 0.05) is 56.6 Å². The number of ether oxygens (including phenoxy) is 1. The monoisotopic (exact) mass is 538 g/mol. The molecule has 0 atom stereocenters. The summed E-state index contributed by atoms with van der Waals surface area (Å²) in [5, 5.41) is 0.986. The largest absolute Gasteiger partial charge is 0.378 e. The van der Waals surface area contributed by atoms with E-state index in [0.29, 0.717) is 28.9 Å². The zero-order chi connectivity index (χ0) is 25.4. The van der Waals surface area contributed by atoms with E-state index in [9.17, 15) is 4.79 Å². The van der Waals surface area contributed by atoms with Crippen LogP contribution >= 0.6 is 23.2 Å². The average Bonchev–Trinajstić information content (AvgIpc) is 3.46. The number of imidazole rings is 1. The molecule has 6 rings (SSSR count). The standard InChI is InChI=1S/C29H32Cl2N4O2/c30-24-7-5-21(14-25(24)31)15-29(36)35(17-20-3-4-20)18-23-16-22(26-19-34-9-1-2-28(34)32-26)6-8-27(23)33-10-12-37-13-11-33/h5-8,14,16,19-20H,1-4,9-13,15,17-18H2. The van der Waals surface area contributed by atoms with Crippen LogP contribution in [0.25, 0.3) is 11.3 Å². The summed E-state index contributed by atoms with van der Waals surface area (Å²) in [4.78, 5) is 22.9. The van der Waals surface area contributed by atoms with Crippen molar-refractivity contribution >= 4 is 34.8 Å². The fourth-order valence-electron chi connectivity index (χ4n) is 5.39. The molecular formula is C29H32Cl2N4O2. The fourth-order valence-corrected chi connectivity index (χ4v) is 5.71. The molecule has 0 unspecified atom stereocenters. The predicted octanol–water partition coefficient (Wildman–Crippen LogP) is 5.62. The molecule has 1 saturated carbocycles. The number of hydrogen-bond acceptors (Lipinski definition) is 4. The topological polar surface area (TPSA) is 50.6 Å². The van der Waals surface area contributed by atoms with Gasteiger partial charge in [0.1, 0.15) is 5.82 Å². The number of hydrogen-bond donors (Lipinski definition) is 0. The van der Waals surface area contributed by atoms with Crippen molar-refractivity contribution in [3.05, 3.63) is 69.6 Å². The van der Waals surface area contributed by atoms with Gasteiger partial charge < -0.3 is 19.1 Å². The summed E-state index contributed by atoms with van der Waals surface area (Å²) in [6.45, 7) is 5.54. The van der Waals surface area contributed by atoms with Gasteiger partial charge in [-0.25, -0.2) is 4.98 Å². The molecule has 3 aliphatic rings. The lowest BCUT2D eigenvalue weighted by molar-refractivity contribution is -0.131. The maximum Gasteiger partial charge on any atom is 0.227 e. The van der Waals surface area contributed by atoms with E-state index in [2.05, 4.69) is 33.9 Å². The van der Waals surface area contributed by atoms with Gasteiger partial charge in [0.25, 0.3) is 0 Å². The van der Waals surface area contributed by atoms with Gasteiger partial charge in [-0.15, -0.1) is 0 Å². The number of halogens is 2. The van der Waals surface area contributed by atoms with Gasteiger partial charge in [-0.3, -0.25) is 4.79 Å².